The number of nitrogens with zero attached hydrogens (tertiary/aromatic N) is 1. The van der Waals surface area contributed by atoms with Gasteiger partial charge in [0.15, 0.2) is 11.5 Å². The molecule has 168 valence electrons. The number of aliphatic hydroxyl groups excluding tert-OH is 1. The van der Waals surface area contributed by atoms with Gasteiger partial charge in [-0.3, -0.25) is 4.90 Å². The van der Waals surface area contributed by atoms with Crippen LogP contribution < -0.4 is 8.92 Å². The maximum absolute atomic E-state index is 12.8. The molecule has 0 saturated carbocycles. The predicted octanol–water partition coefficient (Wildman–Crippen LogP) is 2.74. The molecule has 2 N–H and O–H groups in total. The first-order valence-electron chi connectivity index (χ1n) is 9.50. The van der Waals surface area contributed by atoms with Crippen LogP contribution in [0.2, 0.25) is 0 Å². The van der Waals surface area contributed by atoms with Crippen molar-refractivity contribution in [1.29, 1.82) is 0 Å². The van der Waals surface area contributed by atoms with E-state index in [4.69, 9.17) is 9.84 Å². The fourth-order valence-electron chi connectivity index (χ4n) is 4.19. The van der Waals surface area contributed by atoms with E-state index in [-0.39, 0.29) is 24.8 Å². The van der Waals surface area contributed by atoms with E-state index in [1.165, 1.54) is 6.07 Å². The normalized spacial score (nSPS) is 18.3. The second-order valence-electron chi connectivity index (χ2n) is 7.50. The van der Waals surface area contributed by atoms with Crippen molar-refractivity contribution >= 4 is 10.1 Å². The second kappa shape index (κ2) is 7.57. The fraction of sp³-hybridized carbons (Fsp3) is 0.400. The van der Waals surface area contributed by atoms with Gasteiger partial charge in [0, 0.05) is 18.2 Å². The molecule has 1 atom stereocenters. The number of halogens is 3. The van der Waals surface area contributed by atoms with Crippen LogP contribution in [0, 0.1) is 0 Å². The Labute approximate surface area is 176 Å². The number of hydrogen-bond donors (Lipinski definition) is 2. The molecule has 0 spiro atoms. The molecule has 2 aromatic carbocycles. The van der Waals surface area contributed by atoms with Gasteiger partial charge in [0.05, 0.1) is 6.61 Å². The zero-order valence-corrected chi connectivity index (χ0v) is 17.3. The van der Waals surface area contributed by atoms with Crippen molar-refractivity contribution in [3.63, 3.8) is 0 Å². The van der Waals surface area contributed by atoms with Crippen molar-refractivity contribution in [1.82, 2.24) is 4.90 Å². The Kier molecular flexibility index (Phi) is 5.31. The summed E-state index contributed by atoms with van der Waals surface area (Å²) in [7, 11) is -3.98. The van der Waals surface area contributed by atoms with Gasteiger partial charge < -0.3 is 19.1 Å². The first kappa shape index (κ1) is 21.7. The number of likely N-dealkylation sites (N-methyl/N-ethyl adjacent to an activating group) is 1. The number of aromatic hydroxyl groups is 1. The molecule has 0 amide bonds. The highest BCUT2D eigenvalue weighted by molar-refractivity contribution is 7.88. The molecular weight excluding hydrogens is 439 g/mol. The third-order valence-electron chi connectivity index (χ3n) is 5.59. The molecule has 0 unspecified atom stereocenters. The molecule has 1 heterocycles. The van der Waals surface area contributed by atoms with Crippen molar-refractivity contribution in [3.8, 4) is 28.4 Å². The van der Waals surface area contributed by atoms with Crippen LogP contribution in [-0.4, -0.2) is 55.8 Å². The SMILES string of the molecule is CN1CCc2cc(OCCO)cc3c2[C@H]1Cc1ccc(OS(=O)(=O)C(F)(F)F)c(O)c1-3. The second-order valence-corrected chi connectivity index (χ2v) is 9.03. The summed E-state index contributed by atoms with van der Waals surface area (Å²) in [6.07, 6.45) is 1.18. The van der Waals surface area contributed by atoms with Gasteiger partial charge in [0.1, 0.15) is 12.4 Å². The molecule has 0 bridgehead atoms. The summed E-state index contributed by atoms with van der Waals surface area (Å²) in [5.74, 6) is -1.04. The molecule has 1 aliphatic heterocycles. The molecule has 11 heteroatoms. The fourth-order valence-corrected chi connectivity index (χ4v) is 4.66. The monoisotopic (exact) mass is 459 g/mol. The Morgan fingerprint density at radius 2 is 1.97 bits per heavy atom. The molecule has 0 radical (unpaired) electrons. The number of phenolic OH excluding ortho intramolecular Hbond substituents is 1. The lowest BCUT2D eigenvalue weighted by molar-refractivity contribution is -0.0500. The Balaban J connectivity index is 1.88. The van der Waals surface area contributed by atoms with E-state index in [0.717, 1.165) is 23.7 Å². The van der Waals surface area contributed by atoms with Crippen LogP contribution in [0.5, 0.6) is 17.2 Å². The number of hydrogen-bond acceptors (Lipinski definition) is 7. The minimum atomic E-state index is -5.94. The molecule has 0 aromatic heterocycles. The number of phenols is 1. The van der Waals surface area contributed by atoms with Crippen molar-refractivity contribution in [3.05, 3.63) is 41.0 Å². The molecule has 1 aliphatic carbocycles. The summed E-state index contributed by atoms with van der Waals surface area (Å²) in [4.78, 5) is 2.15. The number of aliphatic hydroxyl groups is 1. The lowest BCUT2D eigenvalue weighted by Crippen LogP contribution is -2.35. The van der Waals surface area contributed by atoms with Gasteiger partial charge in [-0.25, -0.2) is 0 Å². The lowest BCUT2D eigenvalue weighted by Gasteiger charge is -2.40. The van der Waals surface area contributed by atoms with Gasteiger partial charge in [-0.05, 0) is 60.3 Å². The molecule has 7 nitrogen and oxygen atoms in total. The third kappa shape index (κ3) is 3.70. The standard InChI is InChI=1S/C20H20F3NO6S/c1-24-5-4-12-8-13(29-7-6-25)10-14-17(12)15(24)9-11-2-3-16(19(26)18(11)14)30-31(27,28)20(21,22)23/h2-3,8,10,15,25-26H,4-7,9H2,1H3/t15-/m1/s1. The van der Waals surface area contributed by atoms with Gasteiger partial charge in [-0.15, -0.1) is 0 Å². The number of alkyl halides is 3. The van der Waals surface area contributed by atoms with E-state index in [9.17, 15) is 26.7 Å². The summed E-state index contributed by atoms with van der Waals surface area (Å²) in [6, 6.07) is 5.97. The van der Waals surface area contributed by atoms with Crippen LogP contribution >= 0.6 is 0 Å². The molecule has 2 aliphatic rings. The summed E-state index contributed by atoms with van der Waals surface area (Å²) in [5.41, 5.74) is -2.36. The Morgan fingerprint density at radius 1 is 1.23 bits per heavy atom. The Bertz CT molecular complexity index is 1130. The summed E-state index contributed by atoms with van der Waals surface area (Å²) in [5, 5.41) is 19.8. The maximum atomic E-state index is 12.8. The van der Waals surface area contributed by atoms with E-state index in [2.05, 4.69) is 9.08 Å². The number of benzene rings is 2. The average Bonchev–Trinajstić information content (AvgIpc) is 2.69. The van der Waals surface area contributed by atoms with Crippen LogP contribution in [0.4, 0.5) is 13.2 Å². The van der Waals surface area contributed by atoms with Gasteiger partial charge in [-0.2, -0.15) is 21.6 Å². The van der Waals surface area contributed by atoms with Gasteiger partial charge in [-0.1, -0.05) is 6.07 Å². The van der Waals surface area contributed by atoms with E-state index in [1.54, 1.807) is 6.07 Å². The van der Waals surface area contributed by atoms with Gasteiger partial charge in [0.25, 0.3) is 0 Å². The molecule has 31 heavy (non-hydrogen) atoms. The molecular formula is C20H20F3NO6S. The summed E-state index contributed by atoms with van der Waals surface area (Å²) < 4.78 is 71.0. The molecule has 0 fully saturated rings. The highest BCUT2D eigenvalue weighted by atomic mass is 32.2. The van der Waals surface area contributed by atoms with Crippen molar-refractivity contribution in [2.75, 3.05) is 26.8 Å². The molecule has 0 saturated heterocycles. The first-order valence-corrected chi connectivity index (χ1v) is 10.9. The molecule has 4 rings (SSSR count). The van der Waals surface area contributed by atoms with E-state index in [1.807, 2.05) is 13.1 Å². The first-order chi connectivity index (χ1) is 14.5. The number of rotatable bonds is 5. The van der Waals surface area contributed by atoms with Crippen LogP contribution in [0.1, 0.15) is 22.7 Å². The van der Waals surface area contributed by atoms with Crippen molar-refractivity contribution < 1.29 is 40.7 Å². The van der Waals surface area contributed by atoms with Crippen LogP contribution in [0.25, 0.3) is 11.1 Å². The van der Waals surface area contributed by atoms with E-state index >= 15 is 0 Å². The minimum Gasteiger partial charge on any atom is -0.504 e. The zero-order chi connectivity index (χ0) is 22.6. The van der Waals surface area contributed by atoms with Crippen LogP contribution in [-0.2, 0) is 23.0 Å². The summed E-state index contributed by atoms with van der Waals surface area (Å²) in [6.45, 7) is 0.632. The average molecular weight is 459 g/mol. The van der Waals surface area contributed by atoms with E-state index in [0.29, 0.717) is 29.7 Å². The largest absolute Gasteiger partial charge is 0.534 e. The van der Waals surface area contributed by atoms with Gasteiger partial charge >= 0.3 is 15.6 Å². The third-order valence-corrected chi connectivity index (χ3v) is 6.56. The molecule has 2 aromatic rings. The van der Waals surface area contributed by atoms with Crippen molar-refractivity contribution in [2.45, 2.75) is 24.4 Å². The Morgan fingerprint density at radius 3 is 2.65 bits per heavy atom. The topological polar surface area (TPSA) is 96.3 Å². The maximum Gasteiger partial charge on any atom is 0.534 e. The highest BCUT2D eigenvalue weighted by Gasteiger charge is 2.49. The zero-order valence-electron chi connectivity index (χ0n) is 16.4. The smallest absolute Gasteiger partial charge is 0.504 e. The lowest BCUT2D eigenvalue weighted by atomic mass is 9.76. The quantitative estimate of drug-likeness (QED) is 0.524. The van der Waals surface area contributed by atoms with Gasteiger partial charge in [0.2, 0.25) is 0 Å². The number of fused-ring (bicyclic) bond motifs is 2. The minimum absolute atomic E-state index is 0.0109. The Hall–Kier alpha value is -2.50. The number of ether oxygens (including phenoxy) is 1. The highest BCUT2D eigenvalue weighted by Crippen LogP contribution is 2.51. The predicted molar refractivity (Wildman–Crippen MR) is 105 cm³/mol. The van der Waals surface area contributed by atoms with E-state index < -0.39 is 27.1 Å². The van der Waals surface area contributed by atoms with Crippen LogP contribution in [0.3, 0.4) is 0 Å². The van der Waals surface area contributed by atoms with Crippen molar-refractivity contribution in [2.24, 2.45) is 0 Å². The van der Waals surface area contributed by atoms with Crippen LogP contribution in [0.15, 0.2) is 24.3 Å². The summed E-state index contributed by atoms with van der Waals surface area (Å²) >= 11 is 0.